The van der Waals surface area contributed by atoms with Crippen LogP contribution >= 0.6 is 11.8 Å². The van der Waals surface area contributed by atoms with Crippen molar-refractivity contribution in [3.05, 3.63) is 95.1 Å². The fourth-order valence-electron chi connectivity index (χ4n) is 2.04. The molecule has 5 N–H and O–H groups in total. The lowest BCUT2D eigenvalue weighted by atomic mass is 10.2. The molecule has 32 heavy (non-hydrogen) atoms. The minimum Gasteiger partial charge on any atom is -0.478 e. The van der Waals surface area contributed by atoms with Crippen molar-refractivity contribution >= 4 is 41.1 Å². The lowest BCUT2D eigenvalue weighted by Crippen LogP contribution is -1.95. The van der Waals surface area contributed by atoms with Crippen molar-refractivity contribution in [3.8, 4) is 0 Å². The Morgan fingerprint density at radius 1 is 0.688 bits per heavy atom. The Bertz CT molecular complexity index is 1010. The predicted molar refractivity (Wildman–Crippen MR) is 120 cm³/mol. The molecule has 0 aliphatic rings. The Morgan fingerprint density at radius 2 is 1.03 bits per heavy atom. The number of carbonyl (C=O) groups is 3. The van der Waals surface area contributed by atoms with Gasteiger partial charge in [0, 0.05) is 5.69 Å². The number of hydrogen-bond donors (Lipinski definition) is 4. The largest absolute Gasteiger partial charge is 0.478 e. The molecule has 3 aromatic rings. The summed E-state index contributed by atoms with van der Waals surface area (Å²) in [6.07, 6.45) is 0. The molecule has 0 heterocycles. The summed E-state index contributed by atoms with van der Waals surface area (Å²) in [5, 5.41) is 28.9. The maximum absolute atomic E-state index is 10.4. The topological polar surface area (TPSA) is 163 Å². The van der Waals surface area contributed by atoms with E-state index in [4.69, 9.17) is 32.8 Å². The van der Waals surface area contributed by atoms with E-state index < -0.39 is 17.9 Å². The summed E-state index contributed by atoms with van der Waals surface area (Å²) in [4.78, 5) is 31.0. The van der Waals surface area contributed by atoms with Gasteiger partial charge in [-0.05, 0) is 67.6 Å². The van der Waals surface area contributed by atoms with Crippen LogP contribution in [0.3, 0.4) is 0 Å². The molecule has 0 aromatic heterocycles. The summed E-state index contributed by atoms with van der Waals surface area (Å²) >= 11 is 4.98. The van der Waals surface area contributed by atoms with Gasteiger partial charge in [0.15, 0.2) is 0 Å². The van der Waals surface area contributed by atoms with Crippen molar-refractivity contribution in [2.45, 2.75) is 6.92 Å². The molecule has 9 nitrogen and oxygen atoms in total. The molecule has 10 heteroatoms. The minimum atomic E-state index is -0.968. The standard InChI is InChI=1S/C8H8O2.C7H5ClN2O2.C7H7NO2/c1-6-2-4-7(5-3-6)8(9)10;8-10-9-6-3-1-5(2-4-6)7(11)12;8-6-3-1-5(2-4-6)7(9)10/h2-5H,1H3,(H,9,10);1-4H,(H,11,12);1-4H,8H2,(H,9,10). The second-order valence-electron chi connectivity index (χ2n) is 6.13. The second kappa shape index (κ2) is 13.1. The first-order chi connectivity index (χ1) is 15.1. The van der Waals surface area contributed by atoms with Crippen molar-refractivity contribution in [3.63, 3.8) is 0 Å². The number of anilines is 1. The van der Waals surface area contributed by atoms with Gasteiger partial charge >= 0.3 is 17.9 Å². The van der Waals surface area contributed by atoms with Crippen LogP contribution in [0.1, 0.15) is 36.6 Å². The number of nitrogens with zero attached hydrogens (tertiary/aromatic N) is 2. The number of halogens is 1. The van der Waals surface area contributed by atoms with Gasteiger partial charge in [0.2, 0.25) is 0 Å². The van der Waals surface area contributed by atoms with E-state index in [9.17, 15) is 14.4 Å². The highest BCUT2D eigenvalue weighted by molar-refractivity contribution is 6.14. The molecule has 0 radical (unpaired) electrons. The van der Waals surface area contributed by atoms with E-state index in [-0.39, 0.29) is 11.1 Å². The summed E-state index contributed by atoms with van der Waals surface area (Å²) < 4.78 is 3.03. The first-order valence-corrected chi connectivity index (χ1v) is 9.22. The van der Waals surface area contributed by atoms with Gasteiger partial charge in [0.25, 0.3) is 0 Å². The number of nitrogens with two attached hydrogens (primary N) is 1. The molecular weight excluding hydrogens is 438 g/mol. The van der Waals surface area contributed by atoms with Crippen LogP contribution in [0, 0.1) is 6.92 Å². The summed E-state index contributed by atoms with van der Waals surface area (Å²) in [5.41, 5.74) is 8.31. The molecule has 0 saturated heterocycles. The van der Waals surface area contributed by atoms with E-state index in [0.29, 0.717) is 16.9 Å². The Labute approximate surface area is 188 Å². The fourth-order valence-corrected chi connectivity index (χ4v) is 2.12. The monoisotopic (exact) mass is 457 g/mol. The van der Waals surface area contributed by atoms with E-state index in [0.717, 1.165) is 5.56 Å². The smallest absolute Gasteiger partial charge is 0.335 e. The second-order valence-corrected chi connectivity index (χ2v) is 6.28. The SMILES string of the molecule is Cc1ccc(C(=O)O)cc1.Nc1ccc(C(=O)O)cc1.O=C(O)c1ccc(N=NCl)cc1. The van der Waals surface area contributed by atoms with Crippen LogP contribution < -0.4 is 5.73 Å². The van der Waals surface area contributed by atoms with E-state index in [1.54, 1.807) is 36.4 Å². The van der Waals surface area contributed by atoms with Crippen molar-refractivity contribution in [1.82, 2.24) is 0 Å². The van der Waals surface area contributed by atoms with E-state index in [1.807, 2.05) is 6.92 Å². The minimum absolute atomic E-state index is 0.212. The van der Waals surface area contributed by atoms with Gasteiger partial charge in [-0.1, -0.05) is 22.3 Å². The third kappa shape index (κ3) is 9.51. The van der Waals surface area contributed by atoms with E-state index >= 15 is 0 Å². The van der Waals surface area contributed by atoms with Crippen LogP contribution in [0.2, 0.25) is 0 Å². The quantitative estimate of drug-likeness (QED) is 0.305. The number of aromatic carboxylic acids is 3. The van der Waals surface area contributed by atoms with E-state index in [1.165, 1.54) is 36.4 Å². The number of carboxylic acid groups (broad SMARTS) is 3. The van der Waals surface area contributed by atoms with Crippen molar-refractivity contribution in [2.75, 3.05) is 5.73 Å². The summed E-state index contributed by atoms with van der Waals surface area (Å²) in [6.45, 7) is 1.92. The molecular formula is C22H20ClN3O6. The van der Waals surface area contributed by atoms with Crippen LogP contribution in [0.5, 0.6) is 0 Å². The lowest BCUT2D eigenvalue weighted by Gasteiger charge is -1.93. The summed E-state index contributed by atoms with van der Waals surface area (Å²) in [7, 11) is 0. The predicted octanol–water partition coefficient (Wildman–Crippen LogP) is 5.28. The van der Waals surface area contributed by atoms with Gasteiger partial charge in [-0.25, -0.2) is 14.4 Å². The molecule has 0 saturated carbocycles. The zero-order valence-corrected chi connectivity index (χ0v) is 17.6. The third-order valence-corrected chi connectivity index (χ3v) is 3.80. The fraction of sp³-hybridized carbons (Fsp3) is 0.0455. The average molecular weight is 458 g/mol. The van der Waals surface area contributed by atoms with Crippen molar-refractivity contribution in [1.29, 1.82) is 0 Å². The molecule has 0 atom stereocenters. The van der Waals surface area contributed by atoms with Crippen LogP contribution in [-0.2, 0) is 0 Å². The number of benzene rings is 3. The molecule has 0 aliphatic carbocycles. The maximum Gasteiger partial charge on any atom is 0.335 e. The number of aryl methyl sites for hydroxylation is 1. The molecule has 166 valence electrons. The number of nitrogen functional groups attached to an aromatic ring is 1. The van der Waals surface area contributed by atoms with Gasteiger partial charge in [0.1, 0.15) is 0 Å². The first-order valence-electron chi connectivity index (χ1n) is 8.88. The Balaban J connectivity index is 0.000000241. The Morgan fingerprint density at radius 3 is 1.38 bits per heavy atom. The number of carboxylic acids is 3. The third-order valence-electron chi connectivity index (χ3n) is 3.72. The van der Waals surface area contributed by atoms with E-state index in [2.05, 4.69) is 9.75 Å². The highest BCUT2D eigenvalue weighted by Gasteiger charge is 2.01. The first kappa shape index (κ1) is 25.8. The molecule has 3 rings (SSSR count). The molecule has 0 unspecified atom stereocenters. The van der Waals surface area contributed by atoms with Crippen LogP contribution in [0.4, 0.5) is 11.4 Å². The zero-order chi connectivity index (χ0) is 24.1. The lowest BCUT2D eigenvalue weighted by molar-refractivity contribution is 0.0686. The van der Waals surface area contributed by atoms with Gasteiger partial charge < -0.3 is 21.1 Å². The molecule has 3 aromatic carbocycles. The van der Waals surface area contributed by atoms with Crippen molar-refractivity contribution < 1.29 is 29.7 Å². The molecule has 0 amide bonds. The zero-order valence-electron chi connectivity index (χ0n) is 16.8. The number of hydrogen-bond acceptors (Lipinski definition) is 6. The Kier molecular flexibility index (Phi) is 10.6. The van der Waals surface area contributed by atoms with Gasteiger partial charge in [-0.3, -0.25) is 0 Å². The van der Waals surface area contributed by atoms with Crippen molar-refractivity contribution in [2.24, 2.45) is 9.75 Å². The normalized spacial score (nSPS) is 9.69. The van der Waals surface area contributed by atoms with Crippen LogP contribution in [0.15, 0.2) is 82.5 Å². The maximum atomic E-state index is 10.4. The van der Waals surface area contributed by atoms with Gasteiger partial charge in [-0.2, -0.15) is 0 Å². The molecule has 0 spiro atoms. The highest BCUT2D eigenvalue weighted by atomic mass is 35.5. The van der Waals surface area contributed by atoms with Crippen LogP contribution in [0.25, 0.3) is 0 Å². The highest BCUT2D eigenvalue weighted by Crippen LogP contribution is 2.13. The average Bonchev–Trinajstić information content (AvgIpc) is 2.76. The summed E-state index contributed by atoms with van der Waals surface area (Å²) in [6, 6.07) is 18.7. The molecule has 0 aliphatic heterocycles. The summed E-state index contributed by atoms with van der Waals surface area (Å²) in [5.74, 6) is -2.77. The molecule has 0 fully saturated rings. The Hall–Kier alpha value is -4.24. The van der Waals surface area contributed by atoms with Gasteiger partial charge in [-0.15, -0.1) is 5.11 Å². The molecule has 0 bridgehead atoms. The van der Waals surface area contributed by atoms with Gasteiger partial charge in [0.05, 0.1) is 34.2 Å². The van der Waals surface area contributed by atoms with Crippen LogP contribution in [-0.4, -0.2) is 33.2 Å². The number of rotatable bonds is 4.